The van der Waals surface area contributed by atoms with Crippen molar-refractivity contribution in [2.75, 3.05) is 32.1 Å². The molecular formula is C14H23N3O. The van der Waals surface area contributed by atoms with Crippen LogP contribution in [0.2, 0.25) is 0 Å². The summed E-state index contributed by atoms with van der Waals surface area (Å²) in [6.07, 6.45) is 2.64. The molecular weight excluding hydrogens is 226 g/mol. The van der Waals surface area contributed by atoms with E-state index < -0.39 is 0 Å². The number of rotatable bonds is 6. The minimum atomic E-state index is 0.395. The standard InChI is InChI=1S/C14H23N3O/c1-3-8-15-14-6-4-5-12(16-14)10-17-9-7-13(11-17)18-2/h4-6,13H,3,7-11H2,1-2H3,(H,15,16). The molecule has 1 unspecified atom stereocenters. The molecule has 0 spiro atoms. The van der Waals surface area contributed by atoms with Gasteiger partial charge >= 0.3 is 0 Å². The average molecular weight is 249 g/mol. The molecule has 1 aliphatic rings. The van der Waals surface area contributed by atoms with Gasteiger partial charge in [0.2, 0.25) is 0 Å². The van der Waals surface area contributed by atoms with Gasteiger partial charge in [0.05, 0.1) is 11.8 Å². The van der Waals surface area contributed by atoms with E-state index in [1.54, 1.807) is 7.11 Å². The van der Waals surface area contributed by atoms with Crippen LogP contribution in [0, 0.1) is 0 Å². The molecule has 4 heteroatoms. The molecule has 1 N–H and O–H groups in total. The second kappa shape index (κ2) is 6.71. The van der Waals surface area contributed by atoms with Gasteiger partial charge in [-0.1, -0.05) is 13.0 Å². The number of nitrogens with one attached hydrogen (secondary N) is 1. The van der Waals surface area contributed by atoms with Crippen molar-refractivity contribution in [3.05, 3.63) is 23.9 Å². The van der Waals surface area contributed by atoms with Crippen molar-refractivity contribution in [2.24, 2.45) is 0 Å². The lowest BCUT2D eigenvalue weighted by atomic mass is 10.3. The molecule has 0 radical (unpaired) electrons. The van der Waals surface area contributed by atoms with Crippen LogP contribution in [0.5, 0.6) is 0 Å². The molecule has 2 heterocycles. The van der Waals surface area contributed by atoms with Crippen molar-refractivity contribution < 1.29 is 4.74 Å². The van der Waals surface area contributed by atoms with Crippen molar-refractivity contribution in [2.45, 2.75) is 32.4 Å². The monoisotopic (exact) mass is 249 g/mol. The van der Waals surface area contributed by atoms with Gasteiger partial charge in [-0.15, -0.1) is 0 Å². The van der Waals surface area contributed by atoms with Crippen LogP contribution in [0.1, 0.15) is 25.5 Å². The van der Waals surface area contributed by atoms with E-state index in [0.29, 0.717) is 6.10 Å². The van der Waals surface area contributed by atoms with E-state index in [9.17, 15) is 0 Å². The van der Waals surface area contributed by atoms with E-state index in [0.717, 1.165) is 50.5 Å². The molecule has 0 amide bonds. The number of methoxy groups -OCH3 is 1. The first-order chi connectivity index (χ1) is 8.81. The molecule has 4 nitrogen and oxygen atoms in total. The van der Waals surface area contributed by atoms with Crippen molar-refractivity contribution in [1.82, 2.24) is 9.88 Å². The van der Waals surface area contributed by atoms with Crippen LogP contribution in [0.3, 0.4) is 0 Å². The van der Waals surface area contributed by atoms with Crippen molar-refractivity contribution in [3.63, 3.8) is 0 Å². The molecule has 1 aromatic rings. The summed E-state index contributed by atoms with van der Waals surface area (Å²) in [5.74, 6) is 0.983. The van der Waals surface area contributed by atoms with E-state index in [1.165, 1.54) is 0 Å². The Morgan fingerprint density at radius 3 is 3.11 bits per heavy atom. The number of aromatic nitrogens is 1. The second-order valence-corrected chi connectivity index (χ2v) is 4.82. The topological polar surface area (TPSA) is 37.4 Å². The first-order valence-corrected chi connectivity index (χ1v) is 6.76. The SMILES string of the molecule is CCCNc1cccc(CN2CCC(OC)C2)n1. The van der Waals surface area contributed by atoms with Gasteiger partial charge in [-0.05, 0) is 25.0 Å². The normalized spacial score (nSPS) is 20.2. The maximum Gasteiger partial charge on any atom is 0.126 e. The van der Waals surface area contributed by atoms with E-state index in [2.05, 4.69) is 34.3 Å². The highest BCUT2D eigenvalue weighted by Crippen LogP contribution is 2.15. The third-order valence-corrected chi connectivity index (χ3v) is 3.31. The number of hydrogen-bond donors (Lipinski definition) is 1. The zero-order valence-electron chi connectivity index (χ0n) is 11.4. The summed E-state index contributed by atoms with van der Waals surface area (Å²) in [6, 6.07) is 6.20. The highest BCUT2D eigenvalue weighted by atomic mass is 16.5. The highest BCUT2D eigenvalue weighted by Gasteiger charge is 2.22. The molecule has 18 heavy (non-hydrogen) atoms. The van der Waals surface area contributed by atoms with E-state index >= 15 is 0 Å². The Bertz CT molecular complexity index is 370. The Labute approximate surface area is 109 Å². The summed E-state index contributed by atoms with van der Waals surface area (Å²) in [4.78, 5) is 7.03. The smallest absolute Gasteiger partial charge is 0.126 e. The zero-order chi connectivity index (χ0) is 12.8. The molecule has 1 saturated heterocycles. The fourth-order valence-corrected chi connectivity index (χ4v) is 2.28. The summed E-state index contributed by atoms with van der Waals surface area (Å²) in [6.45, 7) is 6.18. The van der Waals surface area contributed by atoms with Crippen LogP contribution in [0.25, 0.3) is 0 Å². The van der Waals surface area contributed by atoms with Crippen molar-refractivity contribution >= 4 is 5.82 Å². The molecule has 0 aliphatic carbocycles. The first kappa shape index (κ1) is 13.3. The predicted octanol–water partition coefficient (Wildman–Crippen LogP) is 2.12. The third-order valence-electron chi connectivity index (χ3n) is 3.31. The van der Waals surface area contributed by atoms with Gasteiger partial charge in [0.15, 0.2) is 0 Å². The number of anilines is 1. The van der Waals surface area contributed by atoms with Crippen LogP contribution >= 0.6 is 0 Å². The van der Waals surface area contributed by atoms with E-state index in [-0.39, 0.29) is 0 Å². The Morgan fingerprint density at radius 2 is 2.39 bits per heavy atom. The molecule has 0 aromatic carbocycles. The van der Waals surface area contributed by atoms with E-state index in [1.807, 2.05) is 6.07 Å². The molecule has 1 atom stereocenters. The Hall–Kier alpha value is -1.13. The summed E-state index contributed by atoms with van der Waals surface area (Å²) in [7, 11) is 1.79. The van der Waals surface area contributed by atoms with E-state index in [4.69, 9.17) is 4.74 Å². The maximum atomic E-state index is 5.38. The van der Waals surface area contributed by atoms with Crippen molar-refractivity contribution in [3.8, 4) is 0 Å². The largest absolute Gasteiger partial charge is 0.380 e. The lowest BCUT2D eigenvalue weighted by Crippen LogP contribution is -2.23. The molecule has 1 aliphatic heterocycles. The lowest BCUT2D eigenvalue weighted by molar-refractivity contribution is 0.107. The van der Waals surface area contributed by atoms with Crippen LogP contribution in [0.4, 0.5) is 5.82 Å². The summed E-state index contributed by atoms with van der Waals surface area (Å²) < 4.78 is 5.38. The summed E-state index contributed by atoms with van der Waals surface area (Å²) in [5.41, 5.74) is 1.13. The predicted molar refractivity (Wildman–Crippen MR) is 73.7 cm³/mol. The van der Waals surface area contributed by atoms with Gasteiger partial charge in [0, 0.05) is 33.3 Å². The van der Waals surface area contributed by atoms with Crippen LogP contribution in [0.15, 0.2) is 18.2 Å². The minimum Gasteiger partial charge on any atom is -0.380 e. The summed E-state index contributed by atoms with van der Waals surface area (Å²) >= 11 is 0. The second-order valence-electron chi connectivity index (χ2n) is 4.82. The molecule has 100 valence electrons. The minimum absolute atomic E-state index is 0.395. The van der Waals surface area contributed by atoms with Crippen LogP contribution in [-0.2, 0) is 11.3 Å². The fourth-order valence-electron chi connectivity index (χ4n) is 2.28. The number of nitrogens with zero attached hydrogens (tertiary/aromatic N) is 2. The van der Waals surface area contributed by atoms with Gasteiger partial charge < -0.3 is 10.1 Å². The van der Waals surface area contributed by atoms with Gasteiger partial charge in [-0.25, -0.2) is 4.98 Å². The quantitative estimate of drug-likeness (QED) is 0.838. The molecule has 1 fully saturated rings. The Kier molecular flexibility index (Phi) is 4.96. The molecule has 1 aromatic heterocycles. The highest BCUT2D eigenvalue weighted by molar-refractivity contribution is 5.35. The molecule has 0 bridgehead atoms. The Balaban J connectivity index is 1.89. The van der Waals surface area contributed by atoms with Crippen LogP contribution in [-0.4, -0.2) is 42.7 Å². The van der Waals surface area contributed by atoms with Crippen molar-refractivity contribution in [1.29, 1.82) is 0 Å². The average Bonchev–Trinajstić information content (AvgIpc) is 2.84. The number of hydrogen-bond acceptors (Lipinski definition) is 4. The first-order valence-electron chi connectivity index (χ1n) is 6.76. The fraction of sp³-hybridized carbons (Fsp3) is 0.643. The number of pyridine rings is 1. The number of likely N-dealkylation sites (tertiary alicyclic amines) is 1. The maximum absolute atomic E-state index is 5.38. The number of ether oxygens (including phenoxy) is 1. The van der Waals surface area contributed by atoms with Crippen LogP contribution < -0.4 is 5.32 Å². The van der Waals surface area contributed by atoms with Gasteiger partial charge in [-0.3, -0.25) is 4.90 Å². The summed E-state index contributed by atoms with van der Waals surface area (Å²) in [5, 5.41) is 3.33. The molecule has 0 saturated carbocycles. The third kappa shape index (κ3) is 3.68. The molecule has 2 rings (SSSR count). The van der Waals surface area contributed by atoms with Gasteiger partial charge in [0.1, 0.15) is 5.82 Å². The lowest BCUT2D eigenvalue weighted by Gasteiger charge is -2.15. The zero-order valence-corrected chi connectivity index (χ0v) is 11.4. The van der Waals surface area contributed by atoms with Gasteiger partial charge in [-0.2, -0.15) is 0 Å². The Morgan fingerprint density at radius 1 is 1.50 bits per heavy atom. The van der Waals surface area contributed by atoms with Gasteiger partial charge in [0.25, 0.3) is 0 Å².